The molecule has 4 nitrogen and oxygen atoms in total. The molecule has 0 aliphatic carbocycles. The van der Waals surface area contributed by atoms with Gasteiger partial charge >= 0.3 is 0 Å². The van der Waals surface area contributed by atoms with Crippen LogP contribution in [0.2, 0.25) is 0 Å². The fraction of sp³-hybridized carbons (Fsp3) is 0.0526. The first-order valence-electron chi connectivity index (χ1n) is 7.58. The first-order chi connectivity index (χ1) is 11.6. The van der Waals surface area contributed by atoms with E-state index in [2.05, 4.69) is 38.0 Å². The monoisotopic (exact) mass is 378 g/mol. The quantitative estimate of drug-likeness (QED) is 0.504. The molecule has 0 fully saturated rings. The molecule has 2 aromatic heterocycles. The lowest BCUT2D eigenvalue weighted by Crippen LogP contribution is -2.14. The van der Waals surface area contributed by atoms with Crippen molar-refractivity contribution in [2.75, 3.05) is 17.7 Å². The summed E-state index contributed by atoms with van der Waals surface area (Å²) in [6.07, 6.45) is 0. The number of rotatable bonds is 2. The van der Waals surface area contributed by atoms with E-state index in [-0.39, 0.29) is 0 Å². The predicted molar refractivity (Wildman–Crippen MR) is 104 cm³/mol. The maximum atomic E-state index is 5.99. The number of aromatic nitrogens is 2. The average molecular weight is 379 g/mol. The molecular formula is C19H15BrN4. The van der Waals surface area contributed by atoms with Gasteiger partial charge in [-0.25, -0.2) is 9.97 Å². The first kappa shape index (κ1) is 14.9. The van der Waals surface area contributed by atoms with Crippen molar-refractivity contribution in [2.45, 2.75) is 0 Å². The van der Waals surface area contributed by atoms with E-state index in [1.807, 2.05) is 60.5 Å². The fourth-order valence-electron chi connectivity index (χ4n) is 2.88. The van der Waals surface area contributed by atoms with Gasteiger partial charge in [0.2, 0.25) is 0 Å². The van der Waals surface area contributed by atoms with Gasteiger partial charge in [0.25, 0.3) is 0 Å². The van der Waals surface area contributed by atoms with Crippen molar-refractivity contribution in [2.24, 2.45) is 0 Å². The van der Waals surface area contributed by atoms with Crippen LogP contribution in [0.5, 0.6) is 0 Å². The van der Waals surface area contributed by atoms with E-state index in [4.69, 9.17) is 5.73 Å². The molecule has 0 amide bonds. The minimum atomic E-state index is 0.496. The number of nitrogens with two attached hydrogens (primary N) is 1. The van der Waals surface area contributed by atoms with Crippen LogP contribution in [0, 0.1) is 0 Å². The Morgan fingerprint density at radius 1 is 0.875 bits per heavy atom. The summed E-state index contributed by atoms with van der Waals surface area (Å²) in [7, 11) is 1.96. The molecule has 0 radical (unpaired) electrons. The Kier molecular flexibility index (Phi) is 3.58. The number of fused-ring (bicyclic) bond motifs is 2. The molecule has 0 saturated heterocycles. The van der Waals surface area contributed by atoms with E-state index in [0.717, 1.165) is 37.8 Å². The van der Waals surface area contributed by atoms with Gasteiger partial charge in [0, 0.05) is 17.8 Å². The van der Waals surface area contributed by atoms with Gasteiger partial charge in [0.05, 0.1) is 0 Å². The minimum Gasteiger partial charge on any atom is -0.384 e. The van der Waals surface area contributed by atoms with E-state index in [9.17, 15) is 0 Å². The van der Waals surface area contributed by atoms with Gasteiger partial charge in [0.1, 0.15) is 22.1 Å². The second-order valence-electron chi connectivity index (χ2n) is 5.64. The Bertz CT molecular complexity index is 1060. The van der Waals surface area contributed by atoms with Gasteiger partial charge in [-0.15, -0.1) is 0 Å². The Morgan fingerprint density at radius 2 is 1.50 bits per heavy atom. The van der Waals surface area contributed by atoms with Crippen molar-refractivity contribution in [3.05, 3.63) is 65.3 Å². The number of nitrogens with zero attached hydrogens (tertiary/aromatic N) is 3. The van der Waals surface area contributed by atoms with Crippen LogP contribution < -0.4 is 10.6 Å². The first-order valence-corrected chi connectivity index (χ1v) is 8.37. The second kappa shape index (κ2) is 5.76. The second-order valence-corrected chi connectivity index (χ2v) is 6.39. The van der Waals surface area contributed by atoms with Crippen LogP contribution in [0.25, 0.3) is 21.5 Å². The number of pyridine rings is 2. The molecule has 0 saturated carbocycles. The molecule has 0 spiro atoms. The summed E-state index contributed by atoms with van der Waals surface area (Å²) in [6, 6.07) is 20.2. The van der Waals surface area contributed by atoms with E-state index in [1.54, 1.807) is 0 Å². The van der Waals surface area contributed by atoms with E-state index < -0.39 is 0 Å². The van der Waals surface area contributed by atoms with Crippen LogP contribution in [-0.4, -0.2) is 17.0 Å². The molecule has 0 bridgehead atoms. The molecule has 0 unspecified atom stereocenters. The molecule has 4 rings (SSSR count). The van der Waals surface area contributed by atoms with Gasteiger partial charge in [0.15, 0.2) is 0 Å². The van der Waals surface area contributed by atoms with Crippen LogP contribution in [0.4, 0.5) is 17.5 Å². The lowest BCUT2D eigenvalue weighted by molar-refractivity contribution is 1.09. The molecule has 0 aliphatic heterocycles. The summed E-state index contributed by atoms with van der Waals surface area (Å²) < 4.78 is 0.815. The highest BCUT2D eigenvalue weighted by Crippen LogP contribution is 2.33. The summed E-state index contributed by atoms with van der Waals surface area (Å²) in [5.41, 5.74) is 5.99. The zero-order chi connectivity index (χ0) is 16.7. The maximum Gasteiger partial charge on any atom is 0.144 e. The molecule has 118 valence electrons. The highest BCUT2D eigenvalue weighted by molar-refractivity contribution is 9.10. The smallest absolute Gasteiger partial charge is 0.144 e. The highest BCUT2D eigenvalue weighted by atomic mass is 79.9. The number of anilines is 3. The average Bonchev–Trinajstić information content (AvgIpc) is 2.60. The highest BCUT2D eigenvalue weighted by Gasteiger charge is 2.14. The minimum absolute atomic E-state index is 0.496. The predicted octanol–water partition coefficient (Wildman–Crippen LogP) is 4.90. The molecule has 2 N–H and O–H groups in total. The van der Waals surface area contributed by atoms with E-state index >= 15 is 0 Å². The number of hydrogen-bond acceptors (Lipinski definition) is 4. The van der Waals surface area contributed by atoms with Gasteiger partial charge < -0.3 is 10.6 Å². The molecular weight excluding hydrogens is 364 g/mol. The van der Waals surface area contributed by atoms with E-state index in [1.165, 1.54) is 0 Å². The third kappa shape index (κ3) is 2.47. The summed E-state index contributed by atoms with van der Waals surface area (Å²) >= 11 is 3.57. The molecule has 5 heteroatoms. The fourth-order valence-corrected chi connectivity index (χ4v) is 3.42. The molecule has 4 aromatic rings. The Morgan fingerprint density at radius 3 is 2.25 bits per heavy atom. The number of hydrogen-bond donors (Lipinski definition) is 1. The topological polar surface area (TPSA) is 55.0 Å². The van der Waals surface area contributed by atoms with Crippen LogP contribution in [0.1, 0.15) is 0 Å². The van der Waals surface area contributed by atoms with Crippen molar-refractivity contribution < 1.29 is 0 Å². The molecule has 24 heavy (non-hydrogen) atoms. The Labute approximate surface area is 148 Å². The Hall–Kier alpha value is -2.66. The molecule has 2 heterocycles. The summed E-state index contributed by atoms with van der Waals surface area (Å²) in [5, 5.41) is 4.31. The van der Waals surface area contributed by atoms with Gasteiger partial charge in [-0.05, 0) is 38.8 Å². The maximum absolute atomic E-state index is 5.99. The van der Waals surface area contributed by atoms with Crippen LogP contribution in [0.15, 0.2) is 65.3 Å². The lowest BCUT2D eigenvalue weighted by Gasteiger charge is -2.20. The summed E-state index contributed by atoms with van der Waals surface area (Å²) in [5.74, 6) is 2.10. The van der Waals surface area contributed by atoms with Crippen molar-refractivity contribution in [1.82, 2.24) is 9.97 Å². The number of halogens is 1. The third-order valence-corrected chi connectivity index (χ3v) is 4.69. The SMILES string of the molecule is CN(c1cc2ccccc2c(Br)n1)c1nc(N)cc2ccccc12. The van der Waals surface area contributed by atoms with E-state index in [0.29, 0.717) is 5.82 Å². The van der Waals surface area contributed by atoms with Crippen molar-refractivity contribution in [3.8, 4) is 0 Å². The standard InChI is InChI=1S/C19H15BrN4/c1-24(17-11-13-7-2-4-8-14(13)18(20)23-17)19-15-9-5-3-6-12(15)10-16(21)22-19/h2-11H,1H3,(H2,21,22). The number of nitrogen functional groups attached to an aromatic ring is 1. The van der Waals surface area contributed by atoms with Gasteiger partial charge in [-0.2, -0.15) is 0 Å². The zero-order valence-corrected chi connectivity index (χ0v) is 14.7. The molecule has 0 atom stereocenters. The summed E-state index contributed by atoms with van der Waals surface area (Å²) in [4.78, 5) is 11.2. The van der Waals surface area contributed by atoms with Crippen molar-refractivity contribution in [3.63, 3.8) is 0 Å². The van der Waals surface area contributed by atoms with Crippen LogP contribution in [0.3, 0.4) is 0 Å². The van der Waals surface area contributed by atoms with Gasteiger partial charge in [-0.3, -0.25) is 0 Å². The summed E-state index contributed by atoms with van der Waals surface area (Å²) in [6.45, 7) is 0. The van der Waals surface area contributed by atoms with Crippen molar-refractivity contribution in [1.29, 1.82) is 0 Å². The normalized spacial score (nSPS) is 11.1. The Balaban J connectivity index is 1.92. The van der Waals surface area contributed by atoms with Crippen LogP contribution in [-0.2, 0) is 0 Å². The largest absolute Gasteiger partial charge is 0.384 e. The zero-order valence-electron chi connectivity index (χ0n) is 13.1. The lowest BCUT2D eigenvalue weighted by atomic mass is 10.1. The molecule has 0 aliphatic rings. The van der Waals surface area contributed by atoms with Gasteiger partial charge in [-0.1, -0.05) is 48.5 Å². The van der Waals surface area contributed by atoms with Crippen molar-refractivity contribution >= 4 is 54.9 Å². The third-order valence-electron chi connectivity index (χ3n) is 4.08. The number of benzene rings is 2. The van der Waals surface area contributed by atoms with Crippen LogP contribution >= 0.6 is 15.9 Å². The molecule has 2 aromatic carbocycles.